The Bertz CT molecular complexity index is 202. The van der Waals surface area contributed by atoms with Gasteiger partial charge in [0.05, 0.1) is 12.7 Å². The second kappa shape index (κ2) is 5.99. The van der Waals surface area contributed by atoms with Crippen LogP contribution in [0.15, 0.2) is 0 Å². The summed E-state index contributed by atoms with van der Waals surface area (Å²) in [5, 5.41) is 0. The maximum Gasteiger partial charge on any atom is 0.0702 e. The van der Waals surface area contributed by atoms with Gasteiger partial charge in [0, 0.05) is 32.3 Å². The first-order valence-electron chi connectivity index (χ1n) is 6.69. The maximum atomic E-state index is 5.84. The van der Waals surface area contributed by atoms with E-state index in [1.807, 2.05) is 0 Å². The molecule has 0 aliphatic carbocycles. The molecule has 0 aromatic carbocycles. The predicted octanol–water partition coefficient (Wildman–Crippen LogP) is 1.91. The first kappa shape index (κ1) is 12.3. The summed E-state index contributed by atoms with van der Waals surface area (Å²) < 4.78 is 11.2. The molecule has 0 spiro atoms. The molecule has 2 atom stereocenters. The summed E-state index contributed by atoms with van der Waals surface area (Å²) in [4.78, 5) is 2.53. The topological polar surface area (TPSA) is 21.7 Å². The summed E-state index contributed by atoms with van der Waals surface area (Å²) >= 11 is 0. The summed E-state index contributed by atoms with van der Waals surface area (Å²) in [6.45, 7) is 9.60. The third kappa shape index (κ3) is 3.44. The lowest BCUT2D eigenvalue weighted by Crippen LogP contribution is -2.45. The van der Waals surface area contributed by atoms with Gasteiger partial charge in [-0.3, -0.25) is 4.90 Å². The molecule has 2 aliphatic rings. The van der Waals surface area contributed by atoms with Crippen molar-refractivity contribution < 1.29 is 9.47 Å². The van der Waals surface area contributed by atoms with Gasteiger partial charge in [-0.1, -0.05) is 0 Å². The molecule has 0 amide bonds. The van der Waals surface area contributed by atoms with Crippen molar-refractivity contribution in [3.8, 4) is 0 Å². The van der Waals surface area contributed by atoms with Crippen LogP contribution in [0.4, 0.5) is 0 Å². The van der Waals surface area contributed by atoms with Crippen LogP contribution in [0.3, 0.4) is 0 Å². The number of morpholine rings is 1. The highest BCUT2D eigenvalue weighted by Gasteiger charge is 2.24. The molecule has 3 heteroatoms. The monoisotopic (exact) mass is 227 g/mol. The van der Waals surface area contributed by atoms with Crippen LogP contribution in [0.1, 0.15) is 33.1 Å². The molecule has 0 saturated carbocycles. The van der Waals surface area contributed by atoms with Crippen LogP contribution in [0.25, 0.3) is 0 Å². The molecule has 3 nitrogen and oxygen atoms in total. The second-order valence-electron chi connectivity index (χ2n) is 5.39. The molecule has 0 aromatic heterocycles. The van der Waals surface area contributed by atoms with Crippen LogP contribution in [0, 0.1) is 5.92 Å². The van der Waals surface area contributed by atoms with E-state index in [0.29, 0.717) is 12.1 Å². The number of ether oxygens (including phenoxy) is 2. The number of hydrogen-bond donors (Lipinski definition) is 0. The van der Waals surface area contributed by atoms with Crippen LogP contribution in [-0.2, 0) is 9.47 Å². The number of nitrogens with zero attached hydrogens (tertiary/aromatic N) is 1. The van der Waals surface area contributed by atoms with E-state index in [2.05, 4.69) is 18.7 Å². The van der Waals surface area contributed by atoms with Gasteiger partial charge < -0.3 is 9.47 Å². The third-order valence-electron chi connectivity index (χ3n) is 3.82. The molecule has 16 heavy (non-hydrogen) atoms. The minimum Gasteiger partial charge on any atom is -0.381 e. The van der Waals surface area contributed by atoms with Crippen molar-refractivity contribution in [2.75, 3.05) is 32.9 Å². The lowest BCUT2D eigenvalue weighted by molar-refractivity contribution is -0.0442. The van der Waals surface area contributed by atoms with Crippen LogP contribution >= 0.6 is 0 Å². The number of rotatable bonds is 4. The molecule has 2 fully saturated rings. The average molecular weight is 227 g/mol. The van der Waals surface area contributed by atoms with E-state index in [0.717, 1.165) is 38.8 Å². The van der Waals surface area contributed by atoms with E-state index < -0.39 is 0 Å². The molecule has 0 bridgehead atoms. The van der Waals surface area contributed by atoms with Gasteiger partial charge in [-0.05, 0) is 39.0 Å². The Morgan fingerprint density at radius 3 is 2.81 bits per heavy atom. The van der Waals surface area contributed by atoms with Gasteiger partial charge in [0.2, 0.25) is 0 Å². The molecule has 2 rings (SSSR count). The highest BCUT2D eigenvalue weighted by Crippen LogP contribution is 2.21. The predicted molar refractivity (Wildman–Crippen MR) is 64.6 cm³/mol. The summed E-state index contributed by atoms with van der Waals surface area (Å²) in [7, 11) is 0. The largest absolute Gasteiger partial charge is 0.381 e. The van der Waals surface area contributed by atoms with Crippen molar-refractivity contribution in [2.45, 2.75) is 45.3 Å². The quantitative estimate of drug-likeness (QED) is 0.732. The van der Waals surface area contributed by atoms with E-state index in [4.69, 9.17) is 9.47 Å². The Balaban J connectivity index is 1.68. The lowest BCUT2D eigenvalue weighted by atomic mass is 9.99. The highest BCUT2D eigenvalue weighted by molar-refractivity contribution is 4.75. The van der Waals surface area contributed by atoms with E-state index >= 15 is 0 Å². The Morgan fingerprint density at radius 1 is 1.25 bits per heavy atom. The molecular weight excluding hydrogens is 202 g/mol. The Labute approximate surface area is 99.1 Å². The Kier molecular flexibility index (Phi) is 4.62. The minimum absolute atomic E-state index is 0.455. The molecule has 2 heterocycles. The zero-order valence-corrected chi connectivity index (χ0v) is 10.7. The zero-order chi connectivity index (χ0) is 11.4. The summed E-state index contributed by atoms with van der Waals surface area (Å²) in [6.07, 6.45) is 4.19. The standard InChI is InChI=1S/C13H25NO2/c1-11(2)14-6-8-16-13(9-14)4-3-12-5-7-15-10-12/h11-13H,3-10H2,1-2H3. The van der Waals surface area contributed by atoms with E-state index in [1.54, 1.807) is 0 Å². The van der Waals surface area contributed by atoms with Gasteiger partial charge >= 0.3 is 0 Å². The van der Waals surface area contributed by atoms with Gasteiger partial charge in [0.25, 0.3) is 0 Å². The van der Waals surface area contributed by atoms with Crippen molar-refractivity contribution in [3.63, 3.8) is 0 Å². The molecule has 2 aliphatic heterocycles. The molecule has 94 valence electrons. The molecule has 0 radical (unpaired) electrons. The fourth-order valence-corrected chi connectivity index (χ4v) is 2.62. The SMILES string of the molecule is CC(C)N1CCOC(CCC2CCOC2)C1. The number of hydrogen-bond acceptors (Lipinski definition) is 3. The summed E-state index contributed by atoms with van der Waals surface area (Å²) in [5.41, 5.74) is 0. The summed E-state index contributed by atoms with van der Waals surface area (Å²) in [5.74, 6) is 0.790. The molecule has 2 unspecified atom stereocenters. The Hall–Kier alpha value is -0.120. The second-order valence-corrected chi connectivity index (χ2v) is 5.39. The van der Waals surface area contributed by atoms with E-state index in [1.165, 1.54) is 19.3 Å². The van der Waals surface area contributed by atoms with Crippen LogP contribution in [-0.4, -0.2) is 50.0 Å². The third-order valence-corrected chi connectivity index (χ3v) is 3.82. The average Bonchev–Trinajstić information content (AvgIpc) is 2.79. The first-order chi connectivity index (χ1) is 7.75. The molecular formula is C13H25NO2. The lowest BCUT2D eigenvalue weighted by Gasteiger charge is -2.35. The zero-order valence-electron chi connectivity index (χ0n) is 10.7. The van der Waals surface area contributed by atoms with Gasteiger partial charge in [-0.25, -0.2) is 0 Å². The van der Waals surface area contributed by atoms with Gasteiger partial charge in [0.1, 0.15) is 0 Å². The van der Waals surface area contributed by atoms with Crippen molar-refractivity contribution >= 4 is 0 Å². The minimum atomic E-state index is 0.455. The molecule has 0 N–H and O–H groups in total. The molecule has 0 aromatic rings. The van der Waals surface area contributed by atoms with Crippen molar-refractivity contribution in [3.05, 3.63) is 0 Å². The van der Waals surface area contributed by atoms with E-state index in [-0.39, 0.29) is 0 Å². The van der Waals surface area contributed by atoms with Crippen LogP contribution in [0.2, 0.25) is 0 Å². The maximum absolute atomic E-state index is 5.84. The fourth-order valence-electron chi connectivity index (χ4n) is 2.62. The highest BCUT2D eigenvalue weighted by atomic mass is 16.5. The normalized spacial score (nSPS) is 32.4. The molecule has 2 saturated heterocycles. The smallest absolute Gasteiger partial charge is 0.0702 e. The van der Waals surface area contributed by atoms with Crippen molar-refractivity contribution in [1.82, 2.24) is 4.90 Å². The fraction of sp³-hybridized carbons (Fsp3) is 1.00. The van der Waals surface area contributed by atoms with Gasteiger partial charge in [0.15, 0.2) is 0 Å². The van der Waals surface area contributed by atoms with Crippen molar-refractivity contribution in [1.29, 1.82) is 0 Å². The Morgan fingerprint density at radius 2 is 2.12 bits per heavy atom. The van der Waals surface area contributed by atoms with E-state index in [9.17, 15) is 0 Å². The first-order valence-corrected chi connectivity index (χ1v) is 6.69. The van der Waals surface area contributed by atoms with Crippen molar-refractivity contribution in [2.24, 2.45) is 5.92 Å². The van der Waals surface area contributed by atoms with Gasteiger partial charge in [-0.2, -0.15) is 0 Å². The summed E-state index contributed by atoms with van der Waals surface area (Å²) in [6, 6.07) is 0.654. The van der Waals surface area contributed by atoms with Crippen LogP contribution in [0.5, 0.6) is 0 Å². The van der Waals surface area contributed by atoms with Crippen LogP contribution < -0.4 is 0 Å². The van der Waals surface area contributed by atoms with Gasteiger partial charge in [-0.15, -0.1) is 0 Å².